The lowest BCUT2D eigenvalue weighted by Crippen LogP contribution is -2.01. The number of nitro groups is 1. The monoisotopic (exact) mass is 183 g/mol. The Hall–Kier alpha value is -1.85. The molecule has 0 fully saturated rings. The van der Waals surface area contributed by atoms with Crippen molar-refractivity contribution in [1.82, 2.24) is 4.98 Å². The van der Waals surface area contributed by atoms with Gasteiger partial charge in [0, 0.05) is 11.6 Å². The Morgan fingerprint density at radius 3 is 2.77 bits per heavy atom. The molecule has 0 unspecified atom stereocenters. The van der Waals surface area contributed by atoms with E-state index in [-0.39, 0.29) is 11.5 Å². The molecule has 0 aromatic carbocycles. The number of nitrogens with two attached hydrogens (primary N) is 1. The maximum atomic E-state index is 10.4. The van der Waals surface area contributed by atoms with Gasteiger partial charge in [-0.2, -0.15) is 4.98 Å². The zero-order valence-corrected chi connectivity index (χ0v) is 7.27. The van der Waals surface area contributed by atoms with Crippen molar-refractivity contribution in [1.29, 1.82) is 0 Å². The molecule has 1 heterocycles. The first-order chi connectivity index (χ1) is 6.06. The van der Waals surface area contributed by atoms with E-state index in [0.717, 1.165) is 0 Å². The molecule has 0 bridgehead atoms. The van der Waals surface area contributed by atoms with E-state index in [1.165, 1.54) is 13.2 Å². The second-order valence-corrected chi connectivity index (χ2v) is 2.48. The molecule has 1 rings (SSSR count). The quantitative estimate of drug-likeness (QED) is 0.543. The average molecular weight is 183 g/mol. The summed E-state index contributed by atoms with van der Waals surface area (Å²) in [7, 11) is 1.43. The Labute approximate surface area is 74.5 Å². The molecule has 0 saturated carbocycles. The number of nitrogen functional groups attached to an aromatic ring is 1. The van der Waals surface area contributed by atoms with Crippen molar-refractivity contribution in [3.8, 4) is 5.88 Å². The molecule has 1 aromatic rings. The van der Waals surface area contributed by atoms with Gasteiger partial charge in [-0.1, -0.05) is 0 Å². The third-order valence-electron chi connectivity index (χ3n) is 1.57. The van der Waals surface area contributed by atoms with Crippen LogP contribution < -0.4 is 10.5 Å². The standard InChI is InChI=1S/C7H9N3O3/c1-4-3-5(10(11)12)6(8)9-7(4)13-2/h3H,1-2H3,(H2,8,9). The summed E-state index contributed by atoms with van der Waals surface area (Å²) in [5, 5.41) is 10.4. The molecule has 0 spiro atoms. The summed E-state index contributed by atoms with van der Waals surface area (Å²) in [4.78, 5) is 13.6. The smallest absolute Gasteiger partial charge is 0.311 e. The van der Waals surface area contributed by atoms with Crippen LogP contribution in [0.1, 0.15) is 5.56 Å². The Kier molecular flexibility index (Phi) is 2.32. The molecule has 0 aliphatic rings. The van der Waals surface area contributed by atoms with Gasteiger partial charge in [0.25, 0.3) is 0 Å². The van der Waals surface area contributed by atoms with Crippen LogP contribution in [0.2, 0.25) is 0 Å². The number of aryl methyl sites for hydroxylation is 1. The fourth-order valence-electron chi connectivity index (χ4n) is 0.948. The van der Waals surface area contributed by atoms with Gasteiger partial charge in [0.05, 0.1) is 12.0 Å². The highest BCUT2D eigenvalue weighted by molar-refractivity contribution is 5.55. The Balaban J connectivity index is 3.28. The van der Waals surface area contributed by atoms with Crippen LogP contribution in [0.3, 0.4) is 0 Å². The normalized spacial score (nSPS) is 9.69. The maximum absolute atomic E-state index is 10.4. The number of rotatable bonds is 2. The third-order valence-corrected chi connectivity index (χ3v) is 1.57. The molecular weight excluding hydrogens is 174 g/mol. The van der Waals surface area contributed by atoms with Crippen molar-refractivity contribution in [2.75, 3.05) is 12.8 Å². The van der Waals surface area contributed by atoms with E-state index in [9.17, 15) is 10.1 Å². The summed E-state index contributed by atoms with van der Waals surface area (Å²) >= 11 is 0. The van der Waals surface area contributed by atoms with Crippen LogP contribution in [0.4, 0.5) is 11.5 Å². The molecule has 13 heavy (non-hydrogen) atoms. The molecule has 0 amide bonds. The minimum atomic E-state index is -0.575. The summed E-state index contributed by atoms with van der Waals surface area (Å²) in [6, 6.07) is 1.33. The zero-order valence-electron chi connectivity index (χ0n) is 7.27. The fraction of sp³-hybridized carbons (Fsp3) is 0.286. The second-order valence-electron chi connectivity index (χ2n) is 2.48. The van der Waals surface area contributed by atoms with Gasteiger partial charge < -0.3 is 10.5 Å². The number of aromatic nitrogens is 1. The van der Waals surface area contributed by atoms with Crippen molar-refractivity contribution < 1.29 is 9.66 Å². The number of anilines is 1. The van der Waals surface area contributed by atoms with Gasteiger partial charge >= 0.3 is 5.69 Å². The van der Waals surface area contributed by atoms with E-state index in [2.05, 4.69) is 4.98 Å². The second kappa shape index (κ2) is 3.26. The van der Waals surface area contributed by atoms with Crippen LogP contribution in [0.5, 0.6) is 5.88 Å². The van der Waals surface area contributed by atoms with Crippen molar-refractivity contribution in [2.24, 2.45) is 0 Å². The van der Waals surface area contributed by atoms with E-state index in [4.69, 9.17) is 10.5 Å². The number of ether oxygens (including phenoxy) is 1. The molecule has 1 aromatic heterocycles. The molecule has 6 heteroatoms. The van der Waals surface area contributed by atoms with E-state index in [1.807, 2.05) is 0 Å². The molecular formula is C7H9N3O3. The first-order valence-corrected chi connectivity index (χ1v) is 3.51. The fourth-order valence-corrected chi connectivity index (χ4v) is 0.948. The molecule has 0 atom stereocenters. The highest BCUT2D eigenvalue weighted by atomic mass is 16.6. The lowest BCUT2D eigenvalue weighted by atomic mass is 10.2. The van der Waals surface area contributed by atoms with Crippen LogP contribution in [0, 0.1) is 17.0 Å². The first kappa shape index (κ1) is 9.24. The zero-order chi connectivity index (χ0) is 10.0. The first-order valence-electron chi connectivity index (χ1n) is 3.51. The average Bonchev–Trinajstić information content (AvgIpc) is 2.07. The minimum Gasteiger partial charge on any atom is -0.481 e. The van der Waals surface area contributed by atoms with Crippen LogP contribution >= 0.6 is 0 Å². The Morgan fingerprint density at radius 1 is 1.69 bits per heavy atom. The predicted molar refractivity (Wildman–Crippen MR) is 46.6 cm³/mol. The van der Waals surface area contributed by atoms with E-state index < -0.39 is 4.92 Å². The molecule has 2 N–H and O–H groups in total. The van der Waals surface area contributed by atoms with Gasteiger partial charge in [-0.3, -0.25) is 10.1 Å². The van der Waals surface area contributed by atoms with E-state index in [0.29, 0.717) is 11.4 Å². The Bertz CT molecular complexity index is 351. The van der Waals surface area contributed by atoms with Gasteiger partial charge in [0.15, 0.2) is 0 Å². The lowest BCUT2D eigenvalue weighted by Gasteiger charge is -2.03. The number of methoxy groups -OCH3 is 1. The van der Waals surface area contributed by atoms with Crippen molar-refractivity contribution in [3.05, 3.63) is 21.7 Å². The van der Waals surface area contributed by atoms with Crippen molar-refractivity contribution in [2.45, 2.75) is 6.92 Å². The van der Waals surface area contributed by atoms with Gasteiger partial charge in [0.2, 0.25) is 11.7 Å². The van der Waals surface area contributed by atoms with E-state index >= 15 is 0 Å². The van der Waals surface area contributed by atoms with Crippen molar-refractivity contribution >= 4 is 11.5 Å². The van der Waals surface area contributed by atoms with Crippen LogP contribution in [-0.2, 0) is 0 Å². The summed E-state index contributed by atoms with van der Waals surface area (Å²) in [5.41, 5.74) is 5.72. The highest BCUT2D eigenvalue weighted by Crippen LogP contribution is 2.25. The molecule has 0 saturated heterocycles. The Morgan fingerprint density at radius 2 is 2.31 bits per heavy atom. The molecule has 0 aliphatic carbocycles. The summed E-state index contributed by atoms with van der Waals surface area (Å²) in [6.45, 7) is 1.66. The number of pyridine rings is 1. The minimum absolute atomic E-state index is 0.132. The van der Waals surface area contributed by atoms with Crippen LogP contribution in [0.25, 0.3) is 0 Å². The maximum Gasteiger partial charge on any atom is 0.311 e. The van der Waals surface area contributed by atoms with Crippen LogP contribution in [-0.4, -0.2) is 17.0 Å². The van der Waals surface area contributed by atoms with Gasteiger partial charge in [0.1, 0.15) is 0 Å². The topological polar surface area (TPSA) is 91.3 Å². The summed E-state index contributed by atoms with van der Waals surface area (Å²) in [5.74, 6) is 0.176. The lowest BCUT2D eigenvalue weighted by molar-refractivity contribution is -0.384. The molecule has 6 nitrogen and oxygen atoms in total. The number of hydrogen-bond donors (Lipinski definition) is 1. The molecule has 0 radical (unpaired) electrons. The van der Waals surface area contributed by atoms with Gasteiger partial charge in [-0.15, -0.1) is 0 Å². The number of hydrogen-bond acceptors (Lipinski definition) is 5. The third kappa shape index (κ3) is 1.66. The van der Waals surface area contributed by atoms with Crippen LogP contribution in [0.15, 0.2) is 6.07 Å². The SMILES string of the molecule is COc1nc(N)c([N+](=O)[O-])cc1C. The molecule has 0 aliphatic heterocycles. The predicted octanol–water partition coefficient (Wildman–Crippen LogP) is 0.889. The van der Waals surface area contributed by atoms with Gasteiger partial charge in [-0.05, 0) is 6.92 Å². The number of nitrogens with zero attached hydrogens (tertiary/aromatic N) is 2. The summed E-state index contributed by atoms with van der Waals surface area (Å²) < 4.78 is 4.85. The molecule has 70 valence electrons. The largest absolute Gasteiger partial charge is 0.481 e. The van der Waals surface area contributed by atoms with E-state index in [1.54, 1.807) is 6.92 Å². The highest BCUT2D eigenvalue weighted by Gasteiger charge is 2.15. The van der Waals surface area contributed by atoms with Gasteiger partial charge in [-0.25, -0.2) is 0 Å². The van der Waals surface area contributed by atoms with Crippen molar-refractivity contribution in [3.63, 3.8) is 0 Å². The summed E-state index contributed by atoms with van der Waals surface area (Å²) in [6.07, 6.45) is 0.